The largest absolute Gasteiger partial charge is 0.415 e. The molecule has 0 fully saturated rings. The molecule has 0 radical (unpaired) electrons. The summed E-state index contributed by atoms with van der Waals surface area (Å²) in [4.78, 5) is 0. The molecule has 0 aromatic heterocycles. The minimum absolute atomic E-state index is 0.323. The van der Waals surface area contributed by atoms with Gasteiger partial charge in [0, 0.05) is 6.61 Å². The summed E-state index contributed by atoms with van der Waals surface area (Å²) in [6.45, 7) is 7.23. The van der Waals surface area contributed by atoms with Gasteiger partial charge in [0.15, 0.2) is 0 Å². The van der Waals surface area contributed by atoms with E-state index in [0.717, 1.165) is 13.0 Å². The lowest BCUT2D eigenvalue weighted by atomic mass is 10.1. The van der Waals surface area contributed by atoms with Crippen LogP contribution in [0.25, 0.3) is 0 Å². The molecule has 0 amide bonds. The van der Waals surface area contributed by atoms with E-state index < -0.39 is 8.32 Å². The van der Waals surface area contributed by atoms with Crippen LogP contribution in [0.15, 0.2) is 0 Å². The van der Waals surface area contributed by atoms with E-state index in [-0.39, 0.29) is 4.46 Å². The lowest BCUT2D eigenvalue weighted by Crippen LogP contribution is -2.38. The van der Waals surface area contributed by atoms with Crippen LogP contribution in [0.5, 0.6) is 0 Å². The fourth-order valence-corrected chi connectivity index (χ4v) is 2.99. The van der Waals surface area contributed by atoms with Crippen LogP contribution >= 0.6 is 23.2 Å². The Balaban J connectivity index is 3.21. The zero-order valence-corrected chi connectivity index (χ0v) is 14.8. The quantitative estimate of drug-likeness (QED) is 0.241. The van der Waals surface area contributed by atoms with E-state index in [1.807, 2.05) is 0 Å². The summed E-state index contributed by atoms with van der Waals surface area (Å²) in [5.74, 6) is 0. The second kappa shape index (κ2) is 11.6. The molecule has 110 valence electrons. The molecule has 0 aliphatic carbocycles. The normalized spacial score (nSPS) is 12.3. The Labute approximate surface area is 125 Å². The highest BCUT2D eigenvalue weighted by Crippen LogP contribution is 2.20. The summed E-state index contributed by atoms with van der Waals surface area (Å²) in [6.07, 6.45) is 12.1. The predicted molar refractivity (Wildman–Crippen MR) is 86.2 cm³/mol. The molecule has 0 rings (SSSR count). The van der Waals surface area contributed by atoms with Crippen LogP contribution in [0.2, 0.25) is 13.1 Å². The third kappa shape index (κ3) is 10.7. The van der Waals surface area contributed by atoms with Crippen molar-refractivity contribution in [3.63, 3.8) is 0 Å². The predicted octanol–water partition coefficient (Wildman–Crippen LogP) is 6.08. The number of hydrogen-bond donors (Lipinski definition) is 0. The Hall–Kier alpha value is 0.757. The molecule has 0 aliphatic rings. The molecule has 4 heteroatoms. The summed E-state index contributed by atoms with van der Waals surface area (Å²) < 4.78 is 5.50. The molecule has 0 N–H and O–H groups in total. The Morgan fingerprint density at radius 2 is 1.28 bits per heavy atom. The summed E-state index contributed by atoms with van der Waals surface area (Å²) in [7, 11) is -1.84. The first-order valence-corrected chi connectivity index (χ1v) is 11.3. The van der Waals surface area contributed by atoms with E-state index in [2.05, 4.69) is 20.0 Å². The zero-order chi connectivity index (χ0) is 13.9. The fraction of sp³-hybridized carbons (Fsp3) is 1.00. The Kier molecular flexibility index (Phi) is 12.1. The molecular weight excluding hydrogens is 283 g/mol. The van der Waals surface area contributed by atoms with Gasteiger partial charge < -0.3 is 4.43 Å². The van der Waals surface area contributed by atoms with E-state index in [0.29, 0.717) is 0 Å². The highest BCUT2D eigenvalue weighted by atomic mass is 35.5. The van der Waals surface area contributed by atoms with Gasteiger partial charge in [-0.2, -0.15) is 0 Å². The van der Waals surface area contributed by atoms with Crippen molar-refractivity contribution in [1.29, 1.82) is 0 Å². The van der Waals surface area contributed by atoms with Crippen LogP contribution in [-0.2, 0) is 4.43 Å². The molecule has 1 nitrogen and oxygen atoms in total. The van der Waals surface area contributed by atoms with Gasteiger partial charge in [0.05, 0.1) is 0 Å². The minimum atomic E-state index is -1.84. The van der Waals surface area contributed by atoms with Gasteiger partial charge >= 0.3 is 0 Å². The third-order valence-electron chi connectivity index (χ3n) is 3.25. The second-order valence-corrected chi connectivity index (χ2v) is 11.5. The van der Waals surface area contributed by atoms with Crippen molar-refractivity contribution in [2.24, 2.45) is 0 Å². The molecule has 0 saturated heterocycles. The standard InChI is InChI=1S/C14H30Cl2OSi/c1-4-5-6-7-8-9-10-11-12-13-17-18(2,3)14(15)16/h14H,4-13H2,1-3H3. The number of unbranched alkanes of at least 4 members (excludes halogenated alkanes) is 8. The topological polar surface area (TPSA) is 9.23 Å². The summed E-state index contributed by atoms with van der Waals surface area (Å²) in [5.41, 5.74) is 0. The Bertz CT molecular complexity index is 187. The average molecular weight is 313 g/mol. The van der Waals surface area contributed by atoms with Gasteiger partial charge in [0.1, 0.15) is 4.46 Å². The van der Waals surface area contributed by atoms with Gasteiger partial charge in [-0.15, -0.1) is 23.2 Å². The van der Waals surface area contributed by atoms with E-state index in [1.54, 1.807) is 0 Å². The maximum absolute atomic E-state index is 5.89. The maximum Gasteiger partial charge on any atom is 0.220 e. The smallest absolute Gasteiger partial charge is 0.220 e. The molecule has 0 saturated carbocycles. The molecule has 0 spiro atoms. The summed E-state index contributed by atoms with van der Waals surface area (Å²) >= 11 is 11.8. The molecule has 0 aromatic rings. The van der Waals surface area contributed by atoms with E-state index in [9.17, 15) is 0 Å². The van der Waals surface area contributed by atoms with E-state index >= 15 is 0 Å². The van der Waals surface area contributed by atoms with Crippen LogP contribution in [-0.4, -0.2) is 19.4 Å². The van der Waals surface area contributed by atoms with Crippen LogP contribution in [0.4, 0.5) is 0 Å². The molecule has 18 heavy (non-hydrogen) atoms. The number of hydrogen-bond acceptors (Lipinski definition) is 1. The van der Waals surface area contributed by atoms with Crippen LogP contribution < -0.4 is 0 Å². The second-order valence-electron chi connectivity index (χ2n) is 5.58. The van der Waals surface area contributed by atoms with Crippen molar-refractivity contribution in [3.05, 3.63) is 0 Å². The van der Waals surface area contributed by atoms with Gasteiger partial charge in [-0.3, -0.25) is 0 Å². The molecule has 0 unspecified atom stereocenters. The molecular formula is C14H30Cl2OSi. The Morgan fingerprint density at radius 1 is 0.833 bits per heavy atom. The van der Waals surface area contributed by atoms with Crippen LogP contribution in [0.3, 0.4) is 0 Å². The molecule has 0 aliphatic heterocycles. The van der Waals surface area contributed by atoms with Gasteiger partial charge in [-0.1, -0.05) is 58.3 Å². The summed E-state index contributed by atoms with van der Waals surface area (Å²) in [6, 6.07) is 0. The van der Waals surface area contributed by atoms with Crippen LogP contribution in [0.1, 0.15) is 64.7 Å². The fourth-order valence-electron chi connectivity index (χ4n) is 1.81. The van der Waals surface area contributed by atoms with E-state index in [4.69, 9.17) is 27.6 Å². The van der Waals surface area contributed by atoms with Crippen molar-refractivity contribution >= 4 is 31.5 Å². The van der Waals surface area contributed by atoms with E-state index in [1.165, 1.54) is 51.4 Å². The molecule has 0 atom stereocenters. The third-order valence-corrected chi connectivity index (χ3v) is 8.40. The van der Waals surface area contributed by atoms with Crippen LogP contribution in [0, 0.1) is 0 Å². The highest BCUT2D eigenvalue weighted by molar-refractivity contribution is 6.87. The van der Waals surface area contributed by atoms with Crippen molar-refractivity contribution in [1.82, 2.24) is 0 Å². The first-order chi connectivity index (χ1) is 8.50. The van der Waals surface area contributed by atoms with Gasteiger partial charge in [-0.25, -0.2) is 0 Å². The minimum Gasteiger partial charge on any atom is -0.415 e. The lowest BCUT2D eigenvalue weighted by Gasteiger charge is -2.23. The number of halogens is 2. The monoisotopic (exact) mass is 312 g/mol. The zero-order valence-electron chi connectivity index (χ0n) is 12.3. The van der Waals surface area contributed by atoms with Gasteiger partial charge in [-0.05, 0) is 19.5 Å². The van der Waals surface area contributed by atoms with Crippen molar-refractivity contribution < 1.29 is 4.43 Å². The van der Waals surface area contributed by atoms with Gasteiger partial charge in [0.2, 0.25) is 8.32 Å². The first-order valence-electron chi connectivity index (χ1n) is 7.43. The van der Waals surface area contributed by atoms with Crippen molar-refractivity contribution in [3.8, 4) is 0 Å². The summed E-state index contributed by atoms with van der Waals surface area (Å²) in [5, 5.41) is 0. The first kappa shape index (κ1) is 18.8. The lowest BCUT2D eigenvalue weighted by molar-refractivity contribution is 0.296. The molecule has 0 aromatic carbocycles. The van der Waals surface area contributed by atoms with Gasteiger partial charge in [0.25, 0.3) is 0 Å². The molecule has 0 bridgehead atoms. The SMILES string of the molecule is CCCCCCCCCCCO[Si](C)(C)C(Cl)Cl. The highest BCUT2D eigenvalue weighted by Gasteiger charge is 2.30. The average Bonchev–Trinajstić information content (AvgIpc) is 2.31. The van der Waals surface area contributed by atoms with Crippen molar-refractivity contribution in [2.75, 3.05) is 6.61 Å². The Morgan fingerprint density at radius 3 is 1.72 bits per heavy atom. The number of rotatable bonds is 12. The van der Waals surface area contributed by atoms with Crippen molar-refractivity contribution in [2.45, 2.75) is 82.3 Å². The number of alkyl halides is 2. The molecule has 0 heterocycles. The maximum atomic E-state index is 5.89.